The Morgan fingerprint density at radius 3 is 2.44 bits per heavy atom. The molecule has 0 spiro atoms. The number of rotatable bonds is 7. The van der Waals surface area contributed by atoms with Gasteiger partial charge in [0.05, 0.1) is 11.1 Å². The zero-order valence-corrected chi connectivity index (χ0v) is 15.9. The van der Waals surface area contributed by atoms with E-state index in [1.807, 2.05) is 31.5 Å². The fourth-order valence-corrected chi connectivity index (χ4v) is 3.66. The molecule has 1 aromatic carbocycles. The van der Waals surface area contributed by atoms with Crippen molar-refractivity contribution < 1.29 is 13.2 Å². The molecular weight excluding hydrogens is 366 g/mol. The molecule has 27 heavy (non-hydrogen) atoms. The zero-order chi connectivity index (χ0) is 19.4. The van der Waals surface area contributed by atoms with Crippen LogP contribution in [-0.4, -0.2) is 41.8 Å². The van der Waals surface area contributed by atoms with Crippen molar-refractivity contribution in [1.29, 1.82) is 0 Å². The molecule has 0 saturated carbocycles. The second kappa shape index (κ2) is 7.77. The minimum absolute atomic E-state index is 0.0844. The van der Waals surface area contributed by atoms with Crippen LogP contribution in [0.15, 0.2) is 59.9 Å². The molecule has 9 heteroatoms. The van der Waals surface area contributed by atoms with E-state index in [0.717, 1.165) is 5.56 Å². The van der Waals surface area contributed by atoms with E-state index in [9.17, 15) is 13.2 Å². The minimum atomic E-state index is -3.60. The van der Waals surface area contributed by atoms with Gasteiger partial charge in [0, 0.05) is 32.5 Å². The van der Waals surface area contributed by atoms with Crippen molar-refractivity contribution >= 4 is 15.9 Å². The van der Waals surface area contributed by atoms with Crippen LogP contribution in [0.4, 0.5) is 0 Å². The molecule has 0 aliphatic heterocycles. The molecule has 142 valence electrons. The van der Waals surface area contributed by atoms with Crippen LogP contribution in [0.5, 0.6) is 0 Å². The first-order valence-corrected chi connectivity index (χ1v) is 9.87. The van der Waals surface area contributed by atoms with E-state index < -0.39 is 10.0 Å². The lowest BCUT2D eigenvalue weighted by molar-refractivity contribution is 0.0954. The van der Waals surface area contributed by atoms with E-state index >= 15 is 0 Å². The van der Waals surface area contributed by atoms with E-state index in [2.05, 4.69) is 15.1 Å². The normalized spacial score (nSPS) is 11.5. The maximum absolute atomic E-state index is 12.5. The molecule has 0 fully saturated rings. The number of nitrogens with one attached hydrogen (secondary N) is 2. The molecule has 0 aliphatic carbocycles. The number of aryl methyl sites for hydroxylation is 2. The summed E-state index contributed by atoms with van der Waals surface area (Å²) in [5.74, 6) is 0.319. The Balaban J connectivity index is 1.59. The summed E-state index contributed by atoms with van der Waals surface area (Å²) in [4.78, 5) is 12.6. The summed E-state index contributed by atoms with van der Waals surface area (Å²) in [6.07, 6.45) is 5.13. The predicted octanol–water partition coefficient (Wildman–Crippen LogP) is 1.23. The molecule has 3 aromatic rings. The number of amides is 1. The zero-order valence-electron chi connectivity index (χ0n) is 15.1. The first-order chi connectivity index (χ1) is 12.9. The summed E-state index contributed by atoms with van der Waals surface area (Å²) in [7, 11) is -1.85. The number of benzene rings is 1. The molecule has 8 nitrogen and oxygen atoms in total. The first kappa shape index (κ1) is 18.9. The largest absolute Gasteiger partial charge is 0.351 e. The molecule has 0 aliphatic rings. The van der Waals surface area contributed by atoms with Gasteiger partial charge in [0.25, 0.3) is 5.91 Å². The Morgan fingerprint density at radius 2 is 1.78 bits per heavy atom. The van der Waals surface area contributed by atoms with Gasteiger partial charge in [0.1, 0.15) is 11.4 Å². The molecule has 3 rings (SSSR count). The molecule has 0 radical (unpaired) electrons. The molecule has 0 saturated heterocycles. The van der Waals surface area contributed by atoms with Crippen molar-refractivity contribution in [1.82, 2.24) is 24.4 Å². The van der Waals surface area contributed by atoms with Crippen molar-refractivity contribution in [3.8, 4) is 5.82 Å². The fraction of sp³-hybridized carbons (Fsp3) is 0.222. The van der Waals surface area contributed by atoms with Crippen LogP contribution in [0.3, 0.4) is 0 Å². The summed E-state index contributed by atoms with van der Waals surface area (Å²) in [6.45, 7) is 2.13. The van der Waals surface area contributed by atoms with Gasteiger partial charge in [-0.1, -0.05) is 17.7 Å². The number of aromatic nitrogens is 3. The molecule has 2 aromatic heterocycles. The topological polar surface area (TPSA) is 98.0 Å². The number of nitrogens with zero attached hydrogens (tertiary/aromatic N) is 3. The maximum Gasteiger partial charge on any atom is 0.256 e. The van der Waals surface area contributed by atoms with Crippen molar-refractivity contribution in [2.24, 2.45) is 7.05 Å². The van der Waals surface area contributed by atoms with Crippen molar-refractivity contribution in [3.63, 3.8) is 0 Å². The minimum Gasteiger partial charge on any atom is -0.351 e. The number of hydrogen-bond donors (Lipinski definition) is 2. The monoisotopic (exact) mass is 387 g/mol. The average Bonchev–Trinajstić information content (AvgIpc) is 3.28. The highest BCUT2D eigenvalue weighted by molar-refractivity contribution is 7.89. The Morgan fingerprint density at radius 1 is 1.11 bits per heavy atom. The second-order valence-corrected chi connectivity index (χ2v) is 7.83. The first-order valence-electron chi connectivity index (χ1n) is 8.38. The van der Waals surface area contributed by atoms with Gasteiger partial charge in [-0.2, -0.15) is 5.10 Å². The van der Waals surface area contributed by atoms with Crippen LogP contribution in [0.25, 0.3) is 5.82 Å². The van der Waals surface area contributed by atoms with Crippen LogP contribution in [0.2, 0.25) is 0 Å². The summed E-state index contributed by atoms with van der Waals surface area (Å²) < 4.78 is 30.3. The van der Waals surface area contributed by atoms with Crippen molar-refractivity contribution in [2.45, 2.75) is 11.8 Å². The summed E-state index contributed by atoms with van der Waals surface area (Å²) in [5.41, 5.74) is 1.39. The van der Waals surface area contributed by atoms with Gasteiger partial charge in [-0.25, -0.2) is 13.1 Å². The Labute approximate surface area is 157 Å². The van der Waals surface area contributed by atoms with Gasteiger partial charge >= 0.3 is 0 Å². The van der Waals surface area contributed by atoms with Crippen molar-refractivity contribution in [2.75, 3.05) is 13.1 Å². The van der Waals surface area contributed by atoms with E-state index in [0.29, 0.717) is 11.4 Å². The highest BCUT2D eigenvalue weighted by Crippen LogP contribution is 2.13. The molecule has 2 N–H and O–H groups in total. The number of sulfonamides is 1. The molecule has 0 bridgehead atoms. The Hall–Kier alpha value is -2.91. The van der Waals surface area contributed by atoms with E-state index in [1.165, 1.54) is 6.20 Å². The third-order valence-electron chi connectivity index (χ3n) is 4.04. The van der Waals surface area contributed by atoms with Gasteiger partial charge in [0.2, 0.25) is 10.0 Å². The van der Waals surface area contributed by atoms with Crippen LogP contribution in [-0.2, 0) is 17.1 Å². The molecule has 2 heterocycles. The lowest BCUT2D eigenvalue weighted by Crippen LogP contribution is -2.35. The number of hydrogen-bond acceptors (Lipinski definition) is 4. The van der Waals surface area contributed by atoms with Crippen LogP contribution in [0.1, 0.15) is 15.9 Å². The molecule has 0 unspecified atom stereocenters. The molecular formula is C18H21N5O3S. The standard InChI is InChI=1S/C18H21N5O3S/c1-14-5-7-15(8-6-14)27(25,26)21-10-9-19-17(24)16-13-20-22(2)18(16)23-11-3-4-12-23/h3-8,11-13,21H,9-10H2,1-2H3,(H,19,24). The van der Waals surface area contributed by atoms with E-state index in [1.54, 1.807) is 40.6 Å². The lowest BCUT2D eigenvalue weighted by atomic mass is 10.2. The molecule has 0 atom stereocenters. The van der Waals surface area contributed by atoms with Crippen LogP contribution in [0, 0.1) is 6.92 Å². The third kappa shape index (κ3) is 4.26. The smallest absolute Gasteiger partial charge is 0.256 e. The van der Waals surface area contributed by atoms with Crippen molar-refractivity contribution in [3.05, 3.63) is 66.1 Å². The SMILES string of the molecule is Cc1ccc(S(=O)(=O)NCCNC(=O)c2cnn(C)c2-n2cccc2)cc1. The number of carbonyl (C=O) groups excluding carboxylic acids is 1. The van der Waals surface area contributed by atoms with Gasteiger partial charge in [0.15, 0.2) is 0 Å². The second-order valence-electron chi connectivity index (χ2n) is 6.06. The Bertz CT molecular complexity index is 1020. The van der Waals surface area contributed by atoms with Gasteiger partial charge in [-0.05, 0) is 31.2 Å². The molecule has 1 amide bonds. The number of carbonyl (C=O) groups is 1. The van der Waals surface area contributed by atoms with Crippen LogP contribution >= 0.6 is 0 Å². The summed E-state index contributed by atoms with van der Waals surface area (Å²) in [6, 6.07) is 10.3. The quantitative estimate of drug-likeness (QED) is 0.596. The third-order valence-corrected chi connectivity index (χ3v) is 5.51. The van der Waals surface area contributed by atoms with Gasteiger partial charge in [-0.3, -0.25) is 9.48 Å². The highest BCUT2D eigenvalue weighted by Gasteiger charge is 2.17. The fourth-order valence-electron chi connectivity index (χ4n) is 2.63. The van der Waals surface area contributed by atoms with E-state index in [4.69, 9.17) is 0 Å². The summed E-state index contributed by atoms with van der Waals surface area (Å²) >= 11 is 0. The maximum atomic E-state index is 12.5. The van der Waals surface area contributed by atoms with Crippen LogP contribution < -0.4 is 10.0 Å². The van der Waals surface area contributed by atoms with Gasteiger partial charge < -0.3 is 9.88 Å². The summed E-state index contributed by atoms with van der Waals surface area (Å²) in [5, 5.41) is 6.85. The lowest BCUT2D eigenvalue weighted by Gasteiger charge is -2.10. The predicted molar refractivity (Wildman–Crippen MR) is 101 cm³/mol. The van der Waals surface area contributed by atoms with E-state index in [-0.39, 0.29) is 23.9 Å². The highest BCUT2D eigenvalue weighted by atomic mass is 32.2. The van der Waals surface area contributed by atoms with Gasteiger partial charge in [-0.15, -0.1) is 0 Å². The Kier molecular flexibility index (Phi) is 5.43. The average molecular weight is 387 g/mol.